The quantitative estimate of drug-likeness (QED) is 0.482. The van der Waals surface area contributed by atoms with E-state index < -0.39 is 5.82 Å². The average Bonchev–Trinajstić information content (AvgIpc) is 3.46. The van der Waals surface area contributed by atoms with Crippen LogP contribution in [0.1, 0.15) is 17.4 Å². The number of hydrogen-bond acceptors (Lipinski definition) is 8. The van der Waals surface area contributed by atoms with Gasteiger partial charge in [-0.15, -0.1) is 5.10 Å². The Morgan fingerprint density at radius 3 is 2.68 bits per heavy atom. The summed E-state index contributed by atoms with van der Waals surface area (Å²) in [4.78, 5) is 4.35. The molecule has 9 nitrogen and oxygen atoms in total. The summed E-state index contributed by atoms with van der Waals surface area (Å²) < 4.78 is 37.2. The van der Waals surface area contributed by atoms with E-state index in [0.717, 1.165) is 17.0 Å². The van der Waals surface area contributed by atoms with E-state index in [1.165, 1.54) is 19.2 Å². The number of aromatic nitrogens is 5. The fourth-order valence-corrected chi connectivity index (χ4v) is 3.44. The van der Waals surface area contributed by atoms with Gasteiger partial charge < -0.3 is 18.7 Å². The van der Waals surface area contributed by atoms with Gasteiger partial charge in [-0.05, 0) is 35.9 Å². The van der Waals surface area contributed by atoms with Crippen LogP contribution in [0, 0.1) is 5.82 Å². The van der Waals surface area contributed by atoms with Gasteiger partial charge in [0.05, 0.1) is 33.1 Å². The van der Waals surface area contributed by atoms with E-state index >= 15 is 0 Å². The highest BCUT2D eigenvalue weighted by Crippen LogP contribution is 2.32. The van der Waals surface area contributed by atoms with Crippen molar-refractivity contribution in [2.24, 2.45) is 0 Å². The highest BCUT2D eigenvalue weighted by molar-refractivity contribution is 5.59. The molecule has 0 amide bonds. The zero-order valence-corrected chi connectivity index (χ0v) is 16.8. The Balaban J connectivity index is 1.38. The predicted octanol–water partition coefficient (Wildman–Crippen LogP) is 3.42. The summed E-state index contributed by atoms with van der Waals surface area (Å²) in [5.41, 5.74) is 2.68. The molecule has 2 aromatic heterocycles. The molecule has 1 atom stereocenters. The van der Waals surface area contributed by atoms with E-state index in [0.29, 0.717) is 24.4 Å². The maximum atomic E-state index is 14.0. The molecule has 0 fully saturated rings. The van der Waals surface area contributed by atoms with Gasteiger partial charge in [0.25, 0.3) is 5.89 Å². The second kappa shape index (κ2) is 7.80. The molecule has 10 heteroatoms. The molecule has 158 valence electrons. The Hall–Kier alpha value is -3.79. The normalized spacial score (nSPS) is 15.5. The molecule has 1 aliphatic heterocycles. The lowest BCUT2D eigenvalue weighted by atomic mass is 10.1. The minimum Gasteiger partial charge on any atom is -0.497 e. The molecular formula is C21H18FN5O4. The van der Waals surface area contributed by atoms with Crippen LogP contribution in [0.25, 0.3) is 23.0 Å². The van der Waals surface area contributed by atoms with Crippen LogP contribution in [0.3, 0.4) is 0 Å². The zero-order valence-electron chi connectivity index (χ0n) is 16.8. The Kier molecular flexibility index (Phi) is 4.83. The van der Waals surface area contributed by atoms with Gasteiger partial charge >= 0.3 is 0 Å². The van der Waals surface area contributed by atoms with Gasteiger partial charge in [-0.2, -0.15) is 4.98 Å². The fourth-order valence-electron chi connectivity index (χ4n) is 3.44. The summed E-state index contributed by atoms with van der Waals surface area (Å²) in [6.07, 6.45) is -0.156. The van der Waals surface area contributed by atoms with Crippen molar-refractivity contribution in [2.75, 3.05) is 14.2 Å². The van der Waals surface area contributed by atoms with Crippen LogP contribution >= 0.6 is 0 Å². The summed E-state index contributed by atoms with van der Waals surface area (Å²) in [7, 11) is 3.03. The van der Waals surface area contributed by atoms with E-state index in [1.54, 1.807) is 17.9 Å². The lowest BCUT2D eigenvalue weighted by Crippen LogP contribution is -2.22. The average molecular weight is 423 g/mol. The number of methoxy groups -OCH3 is 2. The minimum atomic E-state index is -0.515. The van der Waals surface area contributed by atoms with E-state index in [9.17, 15) is 4.39 Å². The third-order valence-electron chi connectivity index (χ3n) is 5.12. The lowest BCUT2D eigenvalue weighted by molar-refractivity contribution is -0.00114. The van der Waals surface area contributed by atoms with E-state index in [2.05, 4.69) is 20.5 Å². The van der Waals surface area contributed by atoms with Gasteiger partial charge in [0, 0.05) is 5.56 Å². The van der Waals surface area contributed by atoms with Crippen LogP contribution in [-0.4, -0.2) is 39.4 Å². The first-order chi connectivity index (χ1) is 15.2. The Bertz CT molecular complexity index is 1220. The van der Waals surface area contributed by atoms with Crippen molar-refractivity contribution >= 4 is 0 Å². The van der Waals surface area contributed by atoms with E-state index in [4.69, 9.17) is 18.7 Å². The van der Waals surface area contributed by atoms with Crippen LogP contribution in [0.15, 0.2) is 47.0 Å². The maximum Gasteiger partial charge on any atom is 0.258 e. The van der Waals surface area contributed by atoms with Gasteiger partial charge in [-0.3, -0.25) is 0 Å². The molecule has 0 saturated carbocycles. The predicted molar refractivity (Wildman–Crippen MR) is 106 cm³/mol. The van der Waals surface area contributed by atoms with Gasteiger partial charge in [-0.1, -0.05) is 22.5 Å². The number of hydrogen-bond donors (Lipinski definition) is 0. The minimum absolute atomic E-state index is 0.138. The largest absolute Gasteiger partial charge is 0.497 e. The van der Waals surface area contributed by atoms with E-state index in [1.807, 2.05) is 24.3 Å². The molecule has 0 radical (unpaired) electrons. The van der Waals surface area contributed by atoms with Crippen LogP contribution in [0.5, 0.6) is 11.5 Å². The summed E-state index contributed by atoms with van der Waals surface area (Å²) >= 11 is 0. The first-order valence-corrected chi connectivity index (χ1v) is 9.52. The molecule has 1 unspecified atom stereocenters. The lowest BCUT2D eigenvalue weighted by Gasteiger charge is -2.24. The molecule has 0 saturated heterocycles. The standard InChI is InChI=1S/C21H18FN5O4/c1-28-14-6-3-12(4-7-14)18-10-27-16(11-30-18)19(24-26-27)20-23-21(31-25-20)13-5-8-17(29-2)15(22)9-13/h3-9,18H,10-11H2,1-2H3. The first-order valence-electron chi connectivity index (χ1n) is 9.52. The molecule has 2 aromatic carbocycles. The number of ether oxygens (including phenoxy) is 3. The van der Waals surface area contributed by atoms with Crippen LogP contribution in [0.2, 0.25) is 0 Å². The summed E-state index contributed by atoms with van der Waals surface area (Å²) in [6, 6.07) is 12.1. The third-order valence-corrected chi connectivity index (χ3v) is 5.12. The molecule has 0 bridgehead atoms. The molecule has 1 aliphatic rings. The Morgan fingerprint density at radius 1 is 1.10 bits per heavy atom. The molecule has 4 aromatic rings. The van der Waals surface area contributed by atoms with Crippen LogP contribution in [0.4, 0.5) is 4.39 Å². The van der Waals surface area contributed by atoms with Gasteiger partial charge in [-0.25, -0.2) is 9.07 Å². The second-order valence-electron chi connectivity index (χ2n) is 6.91. The summed E-state index contributed by atoms with van der Waals surface area (Å²) in [5, 5.41) is 12.4. The van der Waals surface area contributed by atoms with Crippen molar-refractivity contribution in [3.05, 3.63) is 59.5 Å². The highest BCUT2D eigenvalue weighted by Gasteiger charge is 2.27. The van der Waals surface area contributed by atoms with Crippen molar-refractivity contribution in [3.8, 4) is 34.5 Å². The molecule has 0 N–H and O–H groups in total. The number of fused-ring (bicyclic) bond motifs is 1. The SMILES string of the molecule is COc1ccc(C2Cn3nnc(-c4noc(-c5ccc(OC)c(F)c5)n4)c3CO2)cc1. The number of rotatable bonds is 5. The molecule has 31 heavy (non-hydrogen) atoms. The monoisotopic (exact) mass is 423 g/mol. The van der Waals surface area contributed by atoms with Gasteiger partial charge in [0.15, 0.2) is 17.3 Å². The van der Waals surface area contributed by atoms with Crippen molar-refractivity contribution in [1.82, 2.24) is 25.1 Å². The van der Waals surface area contributed by atoms with Crippen LogP contribution in [-0.2, 0) is 17.9 Å². The maximum absolute atomic E-state index is 14.0. The zero-order chi connectivity index (χ0) is 21.4. The van der Waals surface area contributed by atoms with Gasteiger partial charge in [0.1, 0.15) is 11.9 Å². The Morgan fingerprint density at radius 2 is 1.94 bits per heavy atom. The molecule has 0 aliphatic carbocycles. The topological polar surface area (TPSA) is 97.3 Å². The van der Waals surface area contributed by atoms with E-state index in [-0.39, 0.29) is 23.6 Å². The number of benzene rings is 2. The van der Waals surface area contributed by atoms with Crippen molar-refractivity contribution in [1.29, 1.82) is 0 Å². The number of halogens is 1. The smallest absolute Gasteiger partial charge is 0.258 e. The second-order valence-corrected chi connectivity index (χ2v) is 6.91. The summed E-state index contributed by atoms with van der Waals surface area (Å²) in [6.45, 7) is 0.795. The molecule has 5 rings (SSSR count). The summed E-state index contributed by atoms with van der Waals surface area (Å²) in [5.74, 6) is 0.844. The molecule has 3 heterocycles. The number of nitrogens with zero attached hydrogens (tertiary/aromatic N) is 5. The highest BCUT2D eigenvalue weighted by atomic mass is 19.1. The molecular weight excluding hydrogens is 405 g/mol. The Labute approximate surface area is 176 Å². The fraction of sp³-hybridized carbons (Fsp3) is 0.238. The van der Waals surface area contributed by atoms with Gasteiger partial charge in [0.2, 0.25) is 5.82 Å². The molecule has 0 spiro atoms. The van der Waals surface area contributed by atoms with Crippen molar-refractivity contribution in [3.63, 3.8) is 0 Å². The third kappa shape index (κ3) is 3.50. The first kappa shape index (κ1) is 19.2. The van der Waals surface area contributed by atoms with Crippen LogP contribution < -0.4 is 9.47 Å². The van der Waals surface area contributed by atoms with Crippen molar-refractivity contribution in [2.45, 2.75) is 19.3 Å². The van der Waals surface area contributed by atoms with Crippen molar-refractivity contribution < 1.29 is 23.1 Å².